The first-order valence-corrected chi connectivity index (χ1v) is 6.44. The maximum Gasteiger partial charge on any atom is 0.129 e. The lowest BCUT2D eigenvalue weighted by Crippen LogP contribution is -2.21. The Kier molecular flexibility index (Phi) is 4.71. The summed E-state index contributed by atoms with van der Waals surface area (Å²) < 4.78 is 19.1. The van der Waals surface area contributed by atoms with Gasteiger partial charge in [0, 0.05) is 23.6 Å². The van der Waals surface area contributed by atoms with Gasteiger partial charge in [-0.25, -0.2) is 4.39 Å². The van der Waals surface area contributed by atoms with Crippen molar-refractivity contribution in [2.45, 2.75) is 12.0 Å². The number of benzene rings is 2. The molecule has 0 aliphatic heterocycles. The molecule has 0 aliphatic rings. The number of rotatable bonds is 5. The zero-order chi connectivity index (χ0) is 14.5. The molecule has 20 heavy (non-hydrogen) atoms. The van der Waals surface area contributed by atoms with E-state index in [1.54, 1.807) is 31.4 Å². The summed E-state index contributed by atoms with van der Waals surface area (Å²) in [6, 6.07) is 13.5. The fraction of sp³-hybridized carbons (Fsp3) is 0.250. The number of ether oxygens (including phenoxy) is 1. The number of aliphatic hydroxyl groups is 1. The Morgan fingerprint density at radius 1 is 1.10 bits per heavy atom. The third-order valence-corrected chi connectivity index (χ3v) is 3.40. The van der Waals surface area contributed by atoms with Gasteiger partial charge in [0.1, 0.15) is 11.6 Å². The van der Waals surface area contributed by atoms with Crippen molar-refractivity contribution in [2.75, 3.05) is 13.7 Å². The highest BCUT2D eigenvalue weighted by molar-refractivity contribution is 5.38. The van der Waals surface area contributed by atoms with Gasteiger partial charge in [-0.1, -0.05) is 36.4 Å². The Labute approximate surface area is 117 Å². The lowest BCUT2D eigenvalue weighted by molar-refractivity contribution is 0.141. The van der Waals surface area contributed by atoms with E-state index in [-0.39, 0.29) is 12.1 Å². The van der Waals surface area contributed by atoms with Crippen LogP contribution in [0.4, 0.5) is 4.39 Å². The minimum atomic E-state index is -1.02. The van der Waals surface area contributed by atoms with E-state index in [1.165, 1.54) is 6.07 Å². The van der Waals surface area contributed by atoms with Crippen LogP contribution in [0.3, 0.4) is 0 Å². The van der Waals surface area contributed by atoms with Crippen LogP contribution >= 0.6 is 0 Å². The summed E-state index contributed by atoms with van der Waals surface area (Å²) in [6.45, 7) is 0.190. The van der Waals surface area contributed by atoms with Gasteiger partial charge in [0.25, 0.3) is 0 Å². The van der Waals surface area contributed by atoms with E-state index in [2.05, 4.69) is 0 Å². The Balaban J connectivity index is 2.40. The van der Waals surface area contributed by atoms with Crippen molar-refractivity contribution in [3.63, 3.8) is 0 Å². The summed E-state index contributed by atoms with van der Waals surface area (Å²) in [5.41, 5.74) is 6.79. The molecule has 0 amide bonds. The summed E-state index contributed by atoms with van der Waals surface area (Å²) in [5, 5.41) is 10.5. The maximum absolute atomic E-state index is 13.8. The molecule has 0 heterocycles. The van der Waals surface area contributed by atoms with E-state index in [4.69, 9.17) is 10.5 Å². The number of hydrogen-bond acceptors (Lipinski definition) is 3. The second-order valence-electron chi connectivity index (χ2n) is 4.55. The molecular weight excluding hydrogens is 257 g/mol. The molecule has 2 unspecified atom stereocenters. The molecule has 0 aliphatic carbocycles. The number of halogens is 1. The topological polar surface area (TPSA) is 55.5 Å². The Morgan fingerprint density at radius 2 is 1.70 bits per heavy atom. The van der Waals surface area contributed by atoms with Crippen molar-refractivity contribution in [1.82, 2.24) is 0 Å². The van der Waals surface area contributed by atoms with E-state index in [9.17, 15) is 9.50 Å². The van der Waals surface area contributed by atoms with Crippen LogP contribution in [0.25, 0.3) is 0 Å². The van der Waals surface area contributed by atoms with Crippen LogP contribution in [0.5, 0.6) is 5.75 Å². The fourth-order valence-corrected chi connectivity index (χ4v) is 2.33. The molecule has 0 spiro atoms. The van der Waals surface area contributed by atoms with Gasteiger partial charge in [-0.3, -0.25) is 0 Å². The van der Waals surface area contributed by atoms with Gasteiger partial charge in [-0.2, -0.15) is 0 Å². The summed E-state index contributed by atoms with van der Waals surface area (Å²) in [7, 11) is 1.56. The van der Waals surface area contributed by atoms with E-state index in [1.807, 2.05) is 18.2 Å². The average molecular weight is 275 g/mol. The highest BCUT2D eigenvalue weighted by Gasteiger charge is 2.26. The Morgan fingerprint density at radius 3 is 2.30 bits per heavy atom. The molecule has 0 radical (unpaired) electrons. The molecule has 0 fully saturated rings. The van der Waals surface area contributed by atoms with Crippen molar-refractivity contribution in [3.8, 4) is 5.75 Å². The molecule has 3 N–H and O–H groups in total. The number of para-hydroxylation sites is 1. The van der Waals surface area contributed by atoms with Crippen molar-refractivity contribution < 1.29 is 14.2 Å². The summed E-state index contributed by atoms with van der Waals surface area (Å²) >= 11 is 0. The van der Waals surface area contributed by atoms with Gasteiger partial charge in [-0.15, -0.1) is 0 Å². The highest BCUT2D eigenvalue weighted by atomic mass is 19.1. The zero-order valence-corrected chi connectivity index (χ0v) is 11.3. The molecule has 2 atom stereocenters. The van der Waals surface area contributed by atoms with Gasteiger partial charge in [-0.05, 0) is 12.1 Å². The van der Waals surface area contributed by atoms with Gasteiger partial charge >= 0.3 is 0 Å². The monoisotopic (exact) mass is 275 g/mol. The molecule has 4 heteroatoms. The average Bonchev–Trinajstić information content (AvgIpc) is 2.49. The minimum Gasteiger partial charge on any atom is -0.496 e. The van der Waals surface area contributed by atoms with Crippen molar-refractivity contribution in [2.24, 2.45) is 5.73 Å². The molecule has 3 nitrogen and oxygen atoms in total. The van der Waals surface area contributed by atoms with Gasteiger partial charge < -0.3 is 15.6 Å². The van der Waals surface area contributed by atoms with Crippen LogP contribution in [0, 0.1) is 5.82 Å². The van der Waals surface area contributed by atoms with E-state index >= 15 is 0 Å². The highest BCUT2D eigenvalue weighted by Crippen LogP contribution is 2.35. The number of hydrogen-bond donors (Lipinski definition) is 2. The molecule has 2 rings (SSSR count). The molecule has 0 saturated carbocycles. The van der Waals surface area contributed by atoms with Crippen LogP contribution in [0.15, 0.2) is 48.5 Å². The lowest BCUT2D eigenvalue weighted by atomic mass is 9.88. The third kappa shape index (κ3) is 2.81. The molecule has 106 valence electrons. The summed E-state index contributed by atoms with van der Waals surface area (Å²) in [6.07, 6.45) is -1.02. The number of methoxy groups -OCH3 is 1. The predicted molar refractivity (Wildman–Crippen MR) is 76.1 cm³/mol. The van der Waals surface area contributed by atoms with Crippen molar-refractivity contribution in [3.05, 3.63) is 65.5 Å². The maximum atomic E-state index is 13.8. The first-order chi connectivity index (χ1) is 9.69. The third-order valence-electron chi connectivity index (χ3n) is 3.40. The van der Waals surface area contributed by atoms with E-state index < -0.39 is 17.8 Å². The Hall–Kier alpha value is -1.91. The van der Waals surface area contributed by atoms with Gasteiger partial charge in [0.15, 0.2) is 0 Å². The first-order valence-electron chi connectivity index (χ1n) is 6.44. The molecule has 0 aromatic heterocycles. The number of aliphatic hydroxyl groups excluding tert-OH is 1. The predicted octanol–water partition coefficient (Wildman–Crippen LogP) is 2.61. The molecule has 0 saturated heterocycles. The lowest BCUT2D eigenvalue weighted by Gasteiger charge is -2.24. The quantitative estimate of drug-likeness (QED) is 0.882. The second-order valence-corrected chi connectivity index (χ2v) is 4.55. The smallest absolute Gasteiger partial charge is 0.129 e. The zero-order valence-electron chi connectivity index (χ0n) is 11.3. The van der Waals surface area contributed by atoms with Crippen molar-refractivity contribution in [1.29, 1.82) is 0 Å². The SMILES string of the molecule is COc1ccccc1C(CN)C(O)c1ccccc1F. The Bertz CT molecular complexity index is 574. The van der Waals surface area contributed by atoms with Crippen LogP contribution in [0.2, 0.25) is 0 Å². The van der Waals surface area contributed by atoms with Gasteiger partial charge in [0.2, 0.25) is 0 Å². The van der Waals surface area contributed by atoms with Crippen molar-refractivity contribution >= 4 is 0 Å². The fourth-order valence-electron chi connectivity index (χ4n) is 2.33. The van der Waals surface area contributed by atoms with Gasteiger partial charge in [0.05, 0.1) is 13.2 Å². The summed E-state index contributed by atoms with van der Waals surface area (Å²) in [5.74, 6) is -0.227. The first kappa shape index (κ1) is 14.5. The van der Waals surface area contributed by atoms with Crippen LogP contribution in [-0.2, 0) is 0 Å². The largest absolute Gasteiger partial charge is 0.496 e. The van der Waals surface area contributed by atoms with E-state index in [0.717, 1.165) is 5.56 Å². The standard InChI is InChI=1S/C16H18FNO2/c1-20-15-9-5-3-6-11(15)13(10-18)16(19)12-7-2-4-8-14(12)17/h2-9,13,16,19H,10,18H2,1H3. The molecule has 0 bridgehead atoms. The normalized spacial score (nSPS) is 13.8. The number of nitrogens with two attached hydrogens (primary N) is 1. The van der Waals surface area contributed by atoms with Crippen LogP contribution in [-0.4, -0.2) is 18.8 Å². The molecule has 2 aromatic carbocycles. The van der Waals surface area contributed by atoms with Crippen LogP contribution < -0.4 is 10.5 Å². The van der Waals surface area contributed by atoms with E-state index in [0.29, 0.717) is 5.75 Å². The second kappa shape index (κ2) is 6.50. The molecular formula is C16H18FNO2. The summed E-state index contributed by atoms with van der Waals surface area (Å²) in [4.78, 5) is 0. The minimum absolute atomic E-state index is 0.190. The molecule has 2 aromatic rings. The van der Waals surface area contributed by atoms with Crippen LogP contribution in [0.1, 0.15) is 23.1 Å².